The number of halogens is 1. The van der Waals surface area contributed by atoms with Gasteiger partial charge in [-0.3, -0.25) is 4.79 Å². The molecule has 0 fully saturated rings. The first kappa shape index (κ1) is 19.6. The van der Waals surface area contributed by atoms with E-state index in [0.29, 0.717) is 5.02 Å². The van der Waals surface area contributed by atoms with Crippen LogP contribution in [0.2, 0.25) is 5.02 Å². The van der Waals surface area contributed by atoms with E-state index in [9.17, 15) is 4.79 Å². The number of rotatable bonds is 4. The molecule has 0 radical (unpaired) electrons. The van der Waals surface area contributed by atoms with Gasteiger partial charge in [0.25, 0.3) is 0 Å². The van der Waals surface area contributed by atoms with Crippen LogP contribution in [0.3, 0.4) is 0 Å². The minimum absolute atomic E-state index is 0.0414. The van der Waals surface area contributed by atoms with E-state index in [0.717, 1.165) is 33.4 Å². The summed E-state index contributed by atoms with van der Waals surface area (Å²) in [6.07, 6.45) is 1.29. The Balaban J connectivity index is 2.37. The lowest BCUT2D eigenvalue weighted by molar-refractivity contribution is -0.138. The quantitative estimate of drug-likeness (QED) is 0.584. The fraction of sp³-hybridized carbons (Fsp3) is 0.364. The Labute approximate surface area is 165 Å². The summed E-state index contributed by atoms with van der Waals surface area (Å²) in [5.41, 5.74) is 3.97. The molecule has 4 nitrogen and oxygen atoms in total. The SMILES string of the molecule is CC(=O)[C@@H](OC(C)(C)C)c1c(C)nc2c(ccn2C)c1-c1ccc(Cl)cc1. The second-order valence-corrected chi connectivity index (χ2v) is 8.31. The highest BCUT2D eigenvalue weighted by molar-refractivity contribution is 6.30. The summed E-state index contributed by atoms with van der Waals surface area (Å²) in [6.45, 7) is 9.36. The predicted molar refractivity (Wildman–Crippen MR) is 110 cm³/mol. The third-order valence-electron chi connectivity index (χ3n) is 4.48. The number of aryl methyl sites for hydroxylation is 2. The number of hydrogen-bond donors (Lipinski definition) is 0. The number of fused-ring (bicyclic) bond motifs is 1. The van der Waals surface area contributed by atoms with Crippen molar-refractivity contribution in [3.63, 3.8) is 0 Å². The van der Waals surface area contributed by atoms with Gasteiger partial charge in [-0.05, 0) is 58.4 Å². The van der Waals surface area contributed by atoms with Crippen molar-refractivity contribution < 1.29 is 9.53 Å². The molecule has 1 atom stereocenters. The number of nitrogens with zero attached hydrogens (tertiary/aromatic N) is 2. The van der Waals surface area contributed by atoms with Crippen LogP contribution in [-0.4, -0.2) is 20.9 Å². The molecule has 0 amide bonds. The summed E-state index contributed by atoms with van der Waals surface area (Å²) in [5.74, 6) is -0.0414. The van der Waals surface area contributed by atoms with Gasteiger partial charge in [-0.1, -0.05) is 23.7 Å². The maximum atomic E-state index is 12.6. The molecule has 0 bridgehead atoms. The molecule has 2 heterocycles. The van der Waals surface area contributed by atoms with Crippen molar-refractivity contribution in [2.24, 2.45) is 7.05 Å². The van der Waals surface area contributed by atoms with E-state index in [1.165, 1.54) is 0 Å². The largest absolute Gasteiger partial charge is 0.360 e. The molecule has 142 valence electrons. The van der Waals surface area contributed by atoms with Gasteiger partial charge in [-0.25, -0.2) is 4.98 Å². The minimum Gasteiger partial charge on any atom is -0.360 e. The summed E-state index contributed by atoms with van der Waals surface area (Å²) >= 11 is 6.10. The molecule has 0 unspecified atom stereocenters. The Morgan fingerprint density at radius 2 is 1.81 bits per heavy atom. The molecule has 3 rings (SSSR count). The Morgan fingerprint density at radius 3 is 2.37 bits per heavy atom. The third-order valence-corrected chi connectivity index (χ3v) is 4.73. The number of carbonyl (C=O) groups excluding carboxylic acids is 1. The molecular formula is C22H25ClN2O2. The maximum Gasteiger partial charge on any atom is 0.163 e. The average Bonchev–Trinajstić information content (AvgIpc) is 2.92. The van der Waals surface area contributed by atoms with E-state index in [1.54, 1.807) is 6.92 Å². The van der Waals surface area contributed by atoms with Gasteiger partial charge >= 0.3 is 0 Å². The number of pyridine rings is 1. The summed E-state index contributed by atoms with van der Waals surface area (Å²) in [6, 6.07) is 9.70. The lowest BCUT2D eigenvalue weighted by atomic mass is 9.91. The van der Waals surface area contributed by atoms with Crippen molar-refractivity contribution in [2.75, 3.05) is 0 Å². The molecule has 27 heavy (non-hydrogen) atoms. The highest BCUT2D eigenvalue weighted by atomic mass is 35.5. The topological polar surface area (TPSA) is 44.1 Å². The smallest absolute Gasteiger partial charge is 0.163 e. The lowest BCUT2D eigenvalue weighted by Crippen LogP contribution is -2.27. The van der Waals surface area contributed by atoms with Gasteiger partial charge in [0, 0.05) is 40.5 Å². The number of Topliss-reactive ketones (excluding diaryl/α,β-unsaturated/α-hetero) is 1. The number of ketones is 1. The zero-order chi connectivity index (χ0) is 19.9. The Bertz CT molecular complexity index is 998. The molecule has 0 aliphatic rings. The van der Waals surface area contributed by atoms with Crippen LogP contribution in [0, 0.1) is 6.92 Å². The summed E-state index contributed by atoms with van der Waals surface area (Å²) in [4.78, 5) is 17.4. The van der Waals surface area contributed by atoms with E-state index in [4.69, 9.17) is 21.3 Å². The first-order valence-electron chi connectivity index (χ1n) is 8.98. The molecule has 0 spiro atoms. The van der Waals surface area contributed by atoms with Crippen LogP contribution in [0.25, 0.3) is 22.2 Å². The van der Waals surface area contributed by atoms with Gasteiger partial charge in [0.15, 0.2) is 5.78 Å². The Kier molecular flexibility index (Phi) is 5.15. The summed E-state index contributed by atoms with van der Waals surface area (Å²) in [5, 5.41) is 1.66. The van der Waals surface area contributed by atoms with Crippen LogP contribution in [0.1, 0.15) is 45.1 Å². The van der Waals surface area contributed by atoms with Crippen molar-refractivity contribution in [2.45, 2.75) is 46.3 Å². The van der Waals surface area contributed by atoms with Gasteiger partial charge in [0.05, 0.1) is 5.60 Å². The molecule has 0 aliphatic carbocycles. The summed E-state index contributed by atoms with van der Waals surface area (Å²) in [7, 11) is 1.97. The monoisotopic (exact) mass is 384 g/mol. The van der Waals surface area contributed by atoms with Crippen LogP contribution in [-0.2, 0) is 16.6 Å². The van der Waals surface area contributed by atoms with Crippen LogP contribution in [0.15, 0.2) is 36.5 Å². The standard InChI is InChI=1S/C22H25ClN2O2/c1-13-18(20(14(2)26)27-22(3,4)5)19(15-7-9-16(23)10-8-15)17-11-12-25(6)21(17)24-13/h7-12,20H,1-6H3/t20-/m1/s1. The van der Waals surface area contributed by atoms with Gasteiger partial charge < -0.3 is 9.30 Å². The zero-order valence-corrected chi connectivity index (χ0v) is 17.4. The number of hydrogen-bond acceptors (Lipinski definition) is 3. The van der Waals surface area contributed by atoms with E-state index in [1.807, 2.05) is 75.8 Å². The molecule has 1 aromatic carbocycles. The fourth-order valence-electron chi connectivity index (χ4n) is 3.35. The van der Waals surface area contributed by atoms with Gasteiger partial charge in [-0.2, -0.15) is 0 Å². The van der Waals surface area contributed by atoms with Crippen LogP contribution < -0.4 is 0 Å². The van der Waals surface area contributed by atoms with Crippen LogP contribution >= 0.6 is 11.6 Å². The Hall–Kier alpha value is -2.17. The van der Waals surface area contributed by atoms with Crippen molar-refractivity contribution in [3.8, 4) is 11.1 Å². The van der Waals surface area contributed by atoms with E-state index >= 15 is 0 Å². The van der Waals surface area contributed by atoms with E-state index < -0.39 is 11.7 Å². The molecular weight excluding hydrogens is 360 g/mol. The fourth-order valence-corrected chi connectivity index (χ4v) is 3.47. The van der Waals surface area contributed by atoms with Gasteiger partial charge in [0.2, 0.25) is 0 Å². The molecule has 2 aromatic heterocycles. The van der Waals surface area contributed by atoms with Crippen LogP contribution in [0.4, 0.5) is 0 Å². The molecule has 0 saturated carbocycles. The van der Waals surface area contributed by atoms with Gasteiger partial charge in [0.1, 0.15) is 11.8 Å². The molecule has 5 heteroatoms. The zero-order valence-electron chi connectivity index (χ0n) is 16.6. The first-order valence-corrected chi connectivity index (χ1v) is 9.36. The maximum absolute atomic E-state index is 12.6. The minimum atomic E-state index is -0.687. The lowest BCUT2D eigenvalue weighted by Gasteiger charge is -2.29. The van der Waals surface area contributed by atoms with Gasteiger partial charge in [-0.15, -0.1) is 0 Å². The Morgan fingerprint density at radius 1 is 1.19 bits per heavy atom. The second kappa shape index (κ2) is 7.10. The molecule has 3 aromatic rings. The van der Waals surface area contributed by atoms with Crippen LogP contribution in [0.5, 0.6) is 0 Å². The predicted octanol–water partition coefficient (Wildman–Crippen LogP) is 5.65. The molecule has 0 N–H and O–H groups in total. The van der Waals surface area contributed by atoms with E-state index in [2.05, 4.69) is 0 Å². The second-order valence-electron chi connectivity index (χ2n) is 7.88. The molecule has 0 saturated heterocycles. The number of carbonyl (C=O) groups is 1. The van der Waals surface area contributed by atoms with Crippen molar-refractivity contribution >= 4 is 28.4 Å². The van der Waals surface area contributed by atoms with Crippen molar-refractivity contribution in [3.05, 3.63) is 52.8 Å². The number of benzene rings is 1. The molecule has 0 aliphatic heterocycles. The van der Waals surface area contributed by atoms with Crippen molar-refractivity contribution in [1.82, 2.24) is 9.55 Å². The average molecular weight is 385 g/mol. The normalized spacial score (nSPS) is 13.1. The number of ether oxygens (including phenoxy) is 1. The third kappa shape index (κ3) is 3.92. The van der Waals surface area contributed by atoms with E-state index in [-0.39, 0.29) is 5.78 Å². The highest BCUT2D eigenvalue weighted by Crippen LogP contribution is 2.39. The van der Waals surface area contributed by atoms with Crippen molar-refractivity contribution in [1.29, 1.82) is 0 Å². The highest BCUT2D eigenvalue weighted by Gasteiger charge is 2.30. The number of aromatic nitrogens is 2. The summed E-state index contributed by atoms with van der Waals surface area (Å²) < 4.78 is 8.17. The first-order chi connectivity index (χ1) is 12.6.